The van der Waals surface area contributed by atoms with Crippen LogP contribution in [-0.2, 0) is 12.1 Å². The van der Waals surface area contributed by atoms with Crippen LogP contribution < -0.4 is 0 Å². The molecule has 0 saturated heterocycles. The van der Waals surface area contributed by atoms with Gasteiger partial charge in [0.2, 0.25) is 0 Å². The Balaban J connectivity index is 2.09. The third kappa shape index (κ3) is 1.21. The number of isothiocyanates is 1. The van der Waals surface area contributed by atoms with E-state index < -0.39 is 0 Å². The molecule has 0 atom stereocenters. The van der Waals surface area contributed by atoms with Gasteiger partial charge in [-0.25, -0.2) is 0 Å². The van der Waals surface area contributed by atoms with E-state index in [0.717, 1.165) is 13.1 Å². The molecule has 2 aliphatic rings. The van der Waals surface area contributed by atoms with Crippen LogP contribution in [0.15, 0.2) is 11.1 Å². The quantitative estimate of drug-likeness (QED) is 0.532. The summed E-state index contributed by atoms with van der Waals surface area (Å²) in [6.45, 7) is 2.01. The Hall–Kier alpha value is -1.03. The van der Waals surface area contributed by atoms with Crippen molar-refractivity contribution in [3.05, 3.63) is 11.8 Å². The average molecular weight is 220 g/mol. The molecule has 1 fully saturated rings. The van der Waals surface area contributed by atoms with Crippen molar-refractivity contribution in [1.82, 2.24) is 14.7 Å². The Morgan fingerprint density at radius 2 is 2.33 bits per heavy atom. The van der Waals surface area contributed by atoms with E-state index >= 15 is 0 Å². The fourth-order valence-electron chi connectivity index (χ4n) is 2.46. The van der Waals surface area contributed by atoms with E-state index in [9.17, 15) is 0 Å². The van der Waals surface area contributed by atoms with Crippen molar-refractivity contribution in [2.24, 2.45) is 4.99 Å². The van der Waals surface area contributed by atoms with Crippen LogP contribution in [0.25, 0.3) is 0 Å². The molecule has 1 spiro atoms. The molecule has 0 radical (unpaired) electrons. The highest BCUT2D eigenvalue weighted by Gasteiger charge is 2.52. The number of aliphatic imine (C=N–C) groups is 1. The molecule has 2 heterocycles. The lowest BCUT2D eigenvalue weighted by Crippen LogP contribution is -2.41. The van der Waals surface area contributed by atoms with Gasteiger partial charge in [0, 0.05) is 12.6 Å². The third-order valence-electron chi connectivity index (χ3n) is 3.51. The molecule has 1 aliphatic carbocycles. The lowest BCUT2D eigenvalue weighted by molar-refractivity contribution is 0.168. The topological polar surface area (TPSA) is 33.4 Å². The number of thiocarbonyl (C=S) groups is 1. The van der Waals surface area contributed by atoms with Gasteiger partial charge in [-0.2, -0.15) is 10.1 Å². The highest BCUT2D eigenvalue weighted by Crippen LogP contribution is 2.52. The Kier molecular flexibility index (Phi) is 1.83. The summed E-state index contributed by atoms with van der Waals surface area (Å²) in [6.07, 6.45) is 2.46. The first-order valence-corrected chi connectivity index (χ1v) is 5.54. The lowest BCUT2D eigenvalue weighted by atomic mass is 10.1. The van der Waals surface area contributed by atoms with Crippen LogP contribution in [0.2, 0.25) is 0 Å². The zero-order valence-electron chi connectivity index (χ0n) is 8.60. The van der Waals surface area contributed by atoms with E-state index in [4.69, 9.17) is 0 Å². The summed E-state index contributed by atoms with van der Waals surface area (Å²) in [5, 5.41) is 6.78. The fourth-order valence-corrected chi connectivity index (χ4v) is 2.55. The van der Waals surface area contributed by atoms with Crippen molar-refractivity contribution in [3.63, 3.8) is 0 Å². The van der Waals surface area contributed by atoms with Crippen molar-refractivity contribution in [1.29, 1.82) is 0 Å². The van der Waals surface area contributed by atoms with E-state index in [2.05, 4.69) is 44.1 Å². The summed E-state index contributed by atoms with van der Waals surface area (Å²) < 4.78 is 2.07. The number of hydrogen-bond acceptors (Lipinski definition) is 4. The minimum absolute atomic E-state index is 0.250. The molecule has 0 aromatic carbocycles. The maximum atomic E-state index is 4.59. The first-order chi connectivity index (χ1) is 7.26. The maximum Gasteiger partial charge on any atom is 0.184 e. The molecule has 78 valence electrons. The van der Waals surface area contributed by atoms with Crippen LogP contribution in [0.3, 0.4) is 0 Å². The summed E-state index contributed by atoms with van der Waals surface area (Å²) >= 11 is 4.59. The van der Waals surface area contributed by atoms with Crippen molar-refractivity contribution < 1.29 is 0 Å². The zero-order valence-corrected chi connectivity index (χ0v) is 9.42. The van der Waals surface area contributed by atoms with Crippen LogP contribution in [0.4, 0.5) is 5.82 Å². The molecule has 0 N–H and O–H groups in total. The SMILES string of the molecule is CN1CCn2nc(N=C=S)cc2C12CC2. The van der Waals surface area contributed by atoms with Crippen molar-refractivity contribution in [3.8, 4) is 0 Å². The molecule has 0 amide bonds. The number of rotatable bonds is 1. The smallest absolute Gasteiger partial charge is 0.184 e. The first kappa shape index (κ1) is 9.21. The van der Waals surface area contributed by atoms with E-state index in [0.29, 0.717) is 5.82 Å². The predicted molar refractivity (Wildman–Crippen MR) is 60.5 cm³/mol. The number of fused-ring (bicyclic) bond motifs is 2. The van der Waals surface area contributed by atoms with Gasteiger partial charge in [-0.05, 0) is 32.1 Å². The molecule has 4 nitrogen and oxygen atoms in total. The second-order valence-electron chi connectivity index (χ2n) is 4.27. The summed E-state index contributed by atoms with van der Waals surface area (Å²) in [6, 6.07) is 2.04. The Bertz CT molecular complexity index is 454. The first-order valence-electron chi connectivity index (χ1n) is 5.14. The Labute approximate surface area is 93.6 Å². The number of likely N-dealkylation sites (N-methyl/N-ethyl adjacent to an activating group) is 1. The molecule has 3 rings (SSSR count). The van der Waals surface area contributed by atoms with Gasteiger partial charge in [-0.1, -0.05) is 0 Å². The van der Waals surface area contributed by atoms with E-state index in [1.54, 1.807) is 0 Å². The fraction of sp³-hybridized carbons (Fsp3) is 0.600. The van der Waals surface area contributed by atoms with E-state index in [-0.39, 0.29) is 5.54 Å². The van der Waals surface area contributed by atoms with E-state index in [1.807, 2.05) is 6.07 Å². The third-order valence-corrected chi connectivity index (χ3v) is 3.60. The Morgan fingerprint density at radius 1 is 1.53 bits per heavy atom. The normalized spacial score (nSPS) is 22.2. The molecular formula is C10H12N4S. The maximum absolute atomic E-state index is 4.59. The van der Waals surface area contributed by atoms with Crippen LogP contribution in [0.5, 0.6) is 0 Å². The van der Waals surface area contributed by atoms with Crippen molar-refractivity contribution in [2.75, 3.05) is 13.6 Å². The minimum atomic E-state index is 0.250. The molecule has 1 aromatic rings. The second kappa shape index (κ2) is 2.98. The number of nitrogens with zero attached hydrogens (tertiary/aromatic N) is 4. The van der Waals surface area contributed by atoms with Gasteiger partial charge >= 0.3 is 0 Å². The molecule has 1 aliphatic heterocycles. The van der Waals surface area contributed by atoms with Crippen molar-refractivity contribution in [2.45, 2.75) is 24.9 Å². The van der Waals surface area contributed by atoms with Gasteiger partial charge in [0.15, 0.2) is 5.82 Å². The molecule has 5 heteroatoms. The highest BCUT2D eigenvalue weighted by molar-refractivity contribution is 7.78. The standard InChI is InChI=1S/C10H12N4S/c1-13-4-5-14-8(10(13)2-3-10)6-9(12-14)11-7-15/h6H,2-5H2,1H3. The van der Waals surface area contributed by atoms with Crippen molar-refractivity contribution >= 4 is 23.2 Å². The Morgan fingerprint density at radius 3 is 3.00 bits per heavy atom. The lowest BCUT2D eigenvalue weighted by Gasteiger charge is -2.33. The molecule has 0 unspecified atom stereocenters. The molecular weight excluding hydrogens is 208 g/mol. The summed E-state index contributed by atoms with van der Waals surface area (Å²) in [4.78, 5) is 6.37. The molecule has 0 bridgehead atoms. The molecule has 15 heavy (non-hydrogen) atoms. The average Bonchev–Trinajstić information content (AvgIpc) is 2.91. The van der Waals surface area contributed by atoms with Gasteiger partial charge in [-0.3, -0.25) is 9.58 Å². The molecule has 1 saturated carbocycles. The van der Waals surface area contributed by atoms with E-state index in [1.165, 1.54) is 18.5 Å². The van der Waals surface area contributed by atoms with Gasteiger partial charge in [0.1, 0.15) is 0 Å². The van der Waals surface area contributed by atoms with Crippen LogP contribution in [0.1, 0.15) is 18.5 Å². The minimum Gasteiger partial charge on any atom is -0.293 e. The monoisotopic (exact) mass is 220 g/mol. The van der Waals surface area contributed by atoms with Gasteiger partial charge in [0.25, 0.3) is 0 Å². The summed E-state index contributed by atoms with van der Waals surface area (Å²) in [5.74, 6) is 0.696. The van der Waals surface area contributed by atoms with Crippen LogP contribution in [-0.4, -0.2) is 33.4 Å². The number of hydrogen-bond donors (Lipinski definition) is 0. The number of aromatic nitrogens is 2. The van der Waals surface area contributed by atoms with Crippen LogP contribution >= 0.6 is 12.2 Å². The van der Waals surface area contributed by atoms with Gasteiger partial charge in [-0.15, -0.1) is 0 Å². The van der Waals surface area contributed by atoms with Gasteiger partial charge < -0.3 is 0 Å². The summed E-state index contributed by atoms with van der Waals surface area (Å²) in [7, 11) is 2.19. The predicted octanol–water partition coefficient (Wildman–Crippen LogP) is 1.55. The molecule has 1 aromatic heterocycles. The largest absolute Gasteiger partial charge is 0.293 e. The van der Waals surface area contributed by atoms with Crippen LogP contribution in [0, 0.1) is 0 Å². The van der Waals surface area contributed by atoms with Gasteiger partial charge in [0.05, 0.1) is 22.9 Å². The zero-order chi connectivity index (χ0) is 10.5. The highest BCUT2D eigenvalue weighted by atomic mass is 32.1. The summed E-state index contributed by atoms with van der Waals surface area (Å²) in [5.41, 5.74) is 1.54. The second-order valence-corrected chi connectivity index (χ2v) is 4.45.